The van der Waals surface area contributed by atoms with Gasteiger partial charge in [0, 0.05) is 11.1 Å². The minimum atomic E-state index is -0.0613. The van der Waals surface area contributed by atoms with Crippen molar-refractivity contribution in [2.45, 2.75) is 13.8 Å². The Morgan fingerprint density at radius 3 is 2.11 bits per heavy atom. The molecule has 0 unspecified atom stereocenters. The highest BCUT2D eigenvalue weighted by Crippen LogP contribution is 2.31. The van der Waals surface area contributed by atoms with Crippen LogP contribution >= 0.6 is 11.3 Å². The van der Waals surface area contributed by atoms with Gasteiger partial charge in [-0.2, -0.15) is 5.10 Å². The van der Waals surface area contributed by atoms with Gasteiger partial charge in [0.05, 0.1) is 22.0 Å². The maximum atomic E-state index is 13.1. The van der Waals surface area contributed by atoms with Crippen molar-refractivity contribution >= 4 is 23.2 Å². The molecule has 0 aliphatic heterocycles. The molecule has 0 amide bonds. The van der Waals surface area contributed by atoms with Crippen molar-refractivity contribution in [2.24, 2.45) is 0 Å². The average Bonchev–Trinajstić information content (AvgIpc) is 3.53. The van der Waals surface area contributed by atoms with Crippen molar-refractivity contribution in [3.05, 3.63) is 131 Å². The maximum Gasteiger partial charge on any atom is 0.211 e. The maximum absolute atomic E-state index is 13.1. The van der Waals surface area contributed by atoms with Crippen molar-refractivity contribution in [1.29, 1.82) is 0 Å². The summed E-state index contributed by atoms with van der Waals surface area (Å²) in [6.45, 7) is 3.86. The molecule has 0 radical (unpaired) electrons. The molecular formula is C31H25N3OS. The van der Waals surface area contributed by atoms with Crippen molar-refractivity contribution < 1.29 is 4.79 Å². The Morgan fingerprint density at radius 1 is 0.833 bits per heavy atom. The largest absolute Gasteiger partial charge is 0.288 e. The van der Waals surface area contributed by atoms with E-state index in [1.54, 1.807) is 6.08 Å². The smallest absolute Gasteiger partial charge is 0.211 e. The summed E-state index contributed by atoms with van der Waals surface area (Å²) in [5, 5.41) is 5.56. The van der Waals surface area contributed by atoms with E-state index >= 15 is 0 Å². The number of hydrogen-bond acceptors (Lipinski definition) is 4. The van der Waals surface area contributed by atoms with Crippen LogP contribution < -0.4 is 0 Å². The van der Waals surface area contributed by atoms with Gasteiger partial charge in [-0.05, 0) is 31.6 Å². The number of rotatable bonds is 7. The Balaban J connectivity index is 1.48. The third kappa shape index (κ3) is 5.16. The second-order valence-corrected chi connectivity index (χ2v) is 9.44. The normalized spacial score (nSPS) is 11.8. The molecule has 2 aromatic heterocycles. The molecule has 2 heterocycles. The minimum Gasteiger partial charge on any atom is -0.288 e. The van der Waals surface area contributed by atoms with Gasteiger partial charge in [0.1, 0.15) is 0 Å². The second kappa shape index (κ2) is 10.5. The molecule has 3 aromatic carbocycles. The van der Waals surface area contributed by atoms with Crippen molar-refractivity contribution in [2.75, 3.05) is 0 Å². The Bertz CT molecular complexity index is 1550. The Morgan fingerprint density at radius 2 is 1.44 bits per heavy atom. The molecule has 0 aliphatic rings. The monoisotopic (exact) mass is 487 g/mol. The SMILES string of the molecule is CC(/C=C\C(=O)c1sc(-n2nc(-c3ccccc3)cc2-c2ccccc2)nc1C)=C\c1ccccc1. The number of thiazole rings is 1. The van der Waals surface area contributed by atoms with E-state index in [1.807, 2.05) is 103 Å². The number of nitrogens with zero attached hydrogens (tertiary/aromatic N) is 3. The Kier molecular flexibility index (Phi) is 6.83. The topological polar surface area (TPSA) is 47.8 Å². The van der Waals surface area contributed by atoms with Crippen LogP contribution in [0.1, 0.15) is 27.9 Å². The Labute approximate surface area is 214 Å². The summed E-state index contributed by atoms with van der Waals surface area (Å²) in [7, 11) is 0. The molecule has 0 spiro atoms. The van der Waals surface area contributed by atoms with Crippen LogP contribution in [0.2, 0.25) is 0 Å². The van der Waals surface area contributed by atoms with Crippen LogP contribution in [0.3, 0.4) is 0 Å². The summed E-state index contributed by atoms with van der Waals surface area (Å²) in [6, 6.07) is 32.3. The van der Waals surface area contributed by atoms with Crippen LogP contribution in [0.15, 0.2) is 115 Å². The molecule has 4 nitrogen and oxygen atoms in total. The molecule has 5 rings (SSSR count). The molecule has 0 saturated heterocycles. The lowest BCUT2D eigenvalue weighted by molar-refractivity contribution is 0.104. The molecule has 0 atom stereocenters. The highest BCUT2D eigenvalue weighted by atomic mass is 32.1. The molecule has 5 heteroatoms. The lowest BCUT2D eigenvalue weighted by Gasteiger charge is -2.03. The third-order valence-electron chi connectivity index (χ3n) is 5.73. The van der Waals surface area contributed by atoms with E-state index in [0.717, 1.165) is 33.7 Å². The van der Waals surface area contributed by atoms with Gasteiger partial charge in [-0.1, -0.05) is 120 Å². The first kappa shape index (κ1) is 23.4. The summed E-state index contributed by atoms with van der Waals surface area (Å²) in [4.78, 5) is 18.4. The van der Waals surface area contributed by atoms with Gasteiger partial charge in [0.25, 0.3) is 0 Å². The van der Waals surface area contributed by atoms with E-state index in [2.05, 4.69) is 24.3 Å². The fraction of sp³-hybridized carbons (Fsp3) is 0.0645. The van der Waals surface area contributed by atoms with Crippen LogP contribution in [0.4, 0.5) is 0 Å². The van der Waals surface area contributed by atoms with Gasteiger partial charge in [-0.25, -0.2) is 9.67 Å². The van der Waals surface area contributed by atoms with Crippen molar-refractivity contribution in [1.82, 2.24) is 14.8 Å². The first-order valence-electron chi connectivity index (χ1n) is 11.7. The molecule has 36 heavy (non-hydrogen) atoms. The van der Waals surface area contributed by atoms with E-state index in [9.17, 15) is 4.79 Å². The number of aromatic nitrogens is 3. The fourth-order valence-electron chi connectivity index (χ4n) is 3.94. The van der Waals surface area contributed by atoms with Gasteiger partial charge < -0.3 is 0 Å². The molecule has 0 aliphatic carbocycles. The highest BCUT2D eigenvalue weighted by molar-refractivity contribution is 7.16. The van der Waals surface area contributed by atoms with Crippen LogP contribution in [0.25, 0.3) is 33.7 Å². The van der Waals surface area contributed by atoms with E-state index < -0.39 is 0 Å². The predicted octanol–water partition coefficient (Wildman–Crippen LogP) is 7.81. The summed E-state index contributed by atoms with van der Waals surface area (Å²) in [5.74, 6) is -0.0613. The summed E-state index contributed by atoms with van der Waals surface area (Å²) >= 11 is 1.36. The first-order chi connectivity index (χ1) is 17.6. The van der Waals surface area contributed by atoms with Gasteiger partial charge in [0.15, 0.2) is 5.78 Å². The van der Waals surface area contributed by atoms with Gasteiger partial charge >= 0.3 is 0 Å². The minimum absolute atomic E-state index is 0.0613. The molecule has 0 saturated carbocycles. The lowest BCUT2D eigenvalue weighted by atomic mass is 10.1. The van der Waals surface area contributed by atoms with E-state index in [-0.39, 0.29) is 5.78 Å². The molecular weight excluding hydrogens is 462 g/mol. The van der Waals surface area contributed by atoms with E-state index in [4.69, 9.17) is 10.1 Å². The number of ketones is 1. The second-order valence-electron chi connectivity index (χ2n) is 8.47. The number of carbonyl (C=O) groups excluding carboxylic acids is 1. The van der Waals surface area contributed by atoms with Crippen molar-refractivity contribution in [3.8, 4) is 27.6 Å². The van der Waals surface area contributed by atoms with Crippen LogP contribution in [0, 0.1) is 6.92 Å². The van der Waals surface area contributed by atoms with Gasteiger partial charge in [-0.3, -0.25) is 4.79 Å². The number of allylic oxidation sites excluding steroid dienone is 3. The third-order valence-corrected chi connectivity index (χ3v) is 6.88. The van der Waals surface area contributed by atoms with E-state index in [0.29, 0.717) is 15.7 Å². The van der Waals surface area contributed by atoms with Gasteiger partial charge in [0.2, 0.25) is 5.13 Å². The van der Waals surface area contributed by atoms with Crippen LogP contribution in [-0.2, 0) is 0 Å². The average molecular weight is 488 g/mol. The van der Waals surface area contributed by atoms with Crippen LogP contribution in [-0.4, -0.2) is 20.5 Å². The quantitative estimate of drug-likeness (QED) is 0.134. The highest BCUT2D eigenvalue weighted by Gasteiger charge is 2.19. The molecule has 5 aromatic rings. The first-order valence-corrected chi connectivity index (χ1v) is 12.5. The predicted molar refractivity (Wildman–Crippen MR) is 148 cm³/mol. The number of benzene rings is 3. The Hall–Kier alpha value is -4.35. The standard InChI is InChI=1S/C31H25N3OS/c1-22(20-24-12-6-3-7-13-24)18-19-29(35)30-23(2)32-31(36-30)34-28(26-16-10-5-11-17-26)21-27(33-34)25-14-8-4-9-15-25/h3-21H,1-2H3/b19-18-,22-20+. The zero-order chi connectivity index (χ0) is 24.9. The zero-order valence-electron chi connectivity index (χ0n) is 20.1. The van der Waals surface area contributed by atoms with Gasteiger partial charge in [-0.15, -0.1) is 0 Å². The molecule has 176 valence electrons. The summed E-state index contributed by atoms with van der Waals surface area (Å²) < 4.78 is 1.84. The molecule has 0 fully saturated rings. The lowest BCUT2D eigenvalue weighted by Crippen LogP contribution is -1.98. The summed E-state index contributed by atoms with van der Waals surface area (Å²) in [6.07, 6.45) is 5.52. The number of carbonyl (C=O) groups is 1. The number of aryl methyl sites for hydroxylation is 1. The van der Waals surface area contributed by atoms with Crippen LogP contribution in [0.5, 0.6) is 0 Å². The van der Waals surface area contributed by atoms with Crippen molar-refractivity contribution in [3.63, 3.8) is 0 Å². The summed E-state index contributed by atoms with van der Waals surface area (Å²) in [5.41, 5.74) is 6.66. The molecule has 0 N–H and O–H groups in total. The molecule has 0 bridgehead atoms. The number of hydrogen-bond donors (Lipinski definition) is 0. The van der Waals surface area contributed by atoms with E-state index in [1.165, 1.54) is 11.3 Å². The fourth-order valence-corrected chi connectivity index (χ4v) is 4.89. The zero-order valence-corrected chi connectivity index (χ0v) is 20.9.